The molecule has 0 aromatic heterocycles. The molecular weight excluding hydrogens is 234 g/mol. The zero-order chi connectivity index (χ0) is 12.1. The molecule has 1 aromatic carbocycles. The lowest BCUT2D eigenvalue weighted by molar-refractivity contribution is -0.143. The average Bonchev–Trinajstić information content (AvgIpc) is 2.79. The third-order valence-electron chi connectivity index (χ3n) is 2.44. The fourth-order valence-corrected chi connectivity index (χ4v) is 2.77. The first-order valence-electron chi connectivity index (χ1n) is 5.71. The minimum atomic E-state index is -0.130. The van der Waals surface area contributed by atoms with Crippen molar-refractivity contribution in [2.45, 2.75) is 18.6 Å². The molecule has 1 aliphatic heterocycles. The van der Waals surface area contributed by atoms with Crippen LogP contribution in [0.4, 0.5) is 0 Å². The van der Waals surface area contributed by atoms with Gasteiger partial charge in [0.2, 0.25) is 0 Å². The van der Waals surface area contributed by atoms with Crippen LogP contribution < -0.4 is 0 Å². The highest BCUT2D eigenvalue weighted by Crippen LogP contribution is 2.27. The molecule has 0 amide bonds. The molecule has 17 heavy (non-hydrogen) atoms. The molecule has 0 saturated heterocycles. The van der Waals surface area contributed by atoms with Gasteiger partial charge in [0, 0.05) is 10.8 Å². The van der Waals surface area contributed by atoms with Gasteiger partial charge in [-0.2, -0.15) is 0 Å². The molecule has 0 spiro atoms. The second-order valence-corrected chi connectivity index (χ2v) is 5.05. The summed E-state index contributed by atoms with van der Waals surface area (Å²) >= 11 is 1.67. The van der Waals surface area contributed by atoms with Gasteiger partial charge in [-0.3, -0.25) is 9.79 Å². The van der Waals surface area contributed by atoms with Crippen LogP contribution in [0.1, 0.15) is 18.9 Å². The van der Waals surface area contributed by atoms with Gasteiger partial charge in [-0.05, 0) is 6.92 Å². The summed E-state index contributed by atoms with van der Waals surface area (Å²) in [5.74, 6) is -0.130. The lowest BCUT2D eigenvalue weighted by atomic mass is 10.2. The first-order valence-corrected chi connectivity index (χ1v) is 6.59. The van der Waals surface area contributed by atoms with Crippen LogP contribution in [-0.4, -0.2) is 29.4 Å². The predicted octanol–water partition coefficient (Wildman–Crippen LogP) is 2.50. The van der Waals surface area contributed by atoms with Crippen LogP contribution >= 0.6 is 11.8 Å². The van der Waals surface area contributed by atoms with Gasteiger partial charge >= 0.3 is 5.97 Å². The van der Waals surface area contributed by atoms with Gasteiger partial charge in [-0.1, -0.05) is 30.3 Å². The predicted molar refractivity (Wildman–Crippen MR) is 70.5 cm³/mol. The maximum atomic E-state index is 11.4. The molecule has 3 nitrogen and oxygen atoms in total. The first-order chi connectivity index (χ1) is 8.29. The van der Waals surface area contributed by atoms with Crippen LogP contribution in [0.15, 0.2) is 35.3 Å². The minimum Gasteiger partial charge on any atom is -0.466 e. The van der Waals surface area contributed by atoms with E-state index in [0.29, 0.717) is 19.6 Å². The van der Waals surface area contributed by atoms with Crippen molar-refractivity contribution < 1.29 is 9.53 Å². The van der Waals surface area contributed by atoms with E-state index in [1.165, 1.54) is 0 Å². The van der Waals surface area contributed by atoms with Gasteiger partial charge in [-0.25, -0.2) is 0 Å². The summed E-state index contributed by atoms with van der Waals surface area (Å²) in [6.45, 7) is 2.97. The quantitative estimate of drug-likeness (QED) is 0.770. The molecule has 90 valence electrons. The van der Waals surface area contributed by atoms with Crippen molar-refractivity contribution in [3.8, 4) is 0 Å². The summed E-state index contributed by atoms with van der Waals surface area (Å²) in [5, 5.41) is 1.25. The van der Waals surface area contributed by atoms with Crippen molar-refractivity contribution in [1.29, 1.82) is 0 Å². The van der Waals surface area contributed by atoms with E-state index in [4.69, 9.17) is 4.74 Å². The number of ether oxygens (including phenoxy) is 1. The monoisotopic (exact) mass is 249 g/mol. The molecule has 4 heteroatoms. The Kier molecular flexibility index (Phi) is 4.20. The standard InChI is InChI=1S/C13H15NO2S/c1-2-16-12(15)8-11-9-14-13(17-11)10-6-4-3-5-7-10/h3-7,11H,2,8-9H2,1H3. The molecule has 0 bridgehead atoms. The van der Waals surface area contributed by atoms with E-state index in [1.54, 1.807) is 11.8 Å². The molecule has 0 N–H and O–H groups in total. The number of carbonyl (C=O) groups excluding carboxylic acids is 1. The summed E-state index contributed by atoms with van der Waals surface area (Å²) in [4.78, 5) is 15.8. The molecule has 1 heterocycles. The molecule has 1 aliphatic rings. The number of esters is 1. The Labute approximate surface area is 105 Å². The molecule has 1 unspecified atom stereocenters. The highest BCUT2D eigenvalue weighted by atomic mass is 32.2. The molecule has 0 saturated carbocycles. The van der Waals surface area contributed by atoms with Crippen molar-refractivity contribution in [1.82, 2.24) is 0 Å². The number of hydrogen-bond acceptors (Lipinski definition) is 4. The number of nitrogens with zero attached hydrogens (tertiary/aromatic N) is 1. The Hall–Kier alpha value is -1.29. The van der Waals surface area contributed by atoms with Crippen molar-refractivity contribution >= 4 is 22.8 Å². The second kappa shape index (κ2) is 5.87. The van der Waals surface area contributed by atoms with E-state index in [2.05, 4.69) is 4.99 Å². The van der Waals surface area contributed by atoms with E-state index in [9.17, 15) is 4.79 Å². The number of aliphatic imine (C=N–C) groups is 1. The lowest BCUT2D eigenvalue weighted by Crippen LogP contribution is -2.13. The molecule has 0 aliphatic carbocycles. The van der Waals surface area contributed by atoms with Crippen LogP contribution in [0.25, 0.3) is 0 Å². The minimum absolute atomic E-state index is 0.130. The Bertz CT molecular complexity index is 417. The van der Waals surface area contributed by atoms with Crippen molar-refractivity contribution in [2.24, 2.45) is 4.99 Å². The Balaban J connectivity index is 1.89. The lowest BCUT2D eigenvalue weighted by Gasteiger charge is -2.07. The van der Waals surface area contributed by atoms with Gasteiger partial charge in [0.1, 0.15) is 0 Å². The van der Waals surface area contributed by atoms with Crippen molar-refractivity contribution in [3.05, 3.63) is 35.9 Å². The number of thioether (sulfide) groups is 1. The van der Waals surface area contributed by atoms with E-state index >= 15 is 0 Å². The number of hydrogen-bond donors (Lipinski definition) is 0. The van der Waals surface area contributed by atoms with E-state index in [0.717, 1.165) is 10.6 Å². The van der Waals surface area contributed by atoms with Crippen LogP contribution in [-0.2, 0) is 9.53 Å². The van der Waals surface area contributed by atoms with E-state index < -0.39 is 0 Å². The third kappa shape index (κ3) is 3.33. The first kappa shape index (κ1) is 12.2. The van der Waals surface area contributed by atoms with Gasteiger partial charge in [0.05, 0.1) is 24.6 Å². The van der Waals surface area contributed by atoms with Gasteiger partial charge in [0.15, 0.2) is 0 Å². The second-order valence-electron chi connectivity index (χ2n) is 3.76. The summed E-state index contributed by atoms with van der Waals surface area (Å²) in [7, 11) is 0. The van der Waals surface area contributed by atoms with E-state index in [1.807, 2.05) is 37.3 Å². The molecule has 0 radical (unpaired) electrons. The maximum absolute atomic E-state index is 11.4. The number of carbonyl (C=O) groups is 1. The van der Waals surface area contributed by atoms with Crippen LogP contribution in [0.5, 0.6) is 0 Å². The van der Waals surface area contributed by atoms with Crippen molar-refractivity contribution in [3.63, 3.8) is 0 Å². The molecule has 0 fully saturated rings. The summed E-state index contributed by atoms with van der Waals surface area (Å²) in [6, 6.07) is 10.1. The number of benzene rings is 1. The van der Waals surface area contributed by atoms with Crippen LogP contribution in [0.3, 0.4) is 0 Å². The highest BCUT2D eigenvalue weighted by molar-refractivity contribution is 8.15. The maximum Gasteiger partial charge on any atom is 0.306 e. The summed E-state index contributed by atoms with van der Waals surface area (Å²) in [6.07, 6.45) is 0.443. The van der Waals surface area contributed by atoms with Gasteiger partial charge in [0.25, 0.3) is 0 Å². The van der Waals surface area contributed by atoms with Gasteiger partial charge in [-0.15, -0.1) is 11.8 Å². The van der Waals surface area contributed by atoms with Crippen LogP contribution in [0, 0.1) is 0 Å². The summed E-state index contributed by atoms with van der Waals surface area (Å²) in [5.41, 5.74) is 1.13. The fourth-order valence-electron chi connectivity index (χ4n) is 1.67. The topological polar surface area (TPSA) is 38.7 Å². The van der Waals surface area contributed by atoms with Crippen LogP contribution in [0.2, 0.25) is 0 Å². The highest BCUT2D eigenvalue weighted by Gasteiger charge is 2.23. The zero-order valence-electron chi connectivity index (χ0n) is 9.76. The Morgan fingerprint density at radius 2 is 2.24 bits per heavy atom. The molecular formula is C13H15NO2S. The molecule has 2 rings (SSSR count). The Morgan fingerprint density at radius 3 is 2.94 bits per heavy atom. The van der Waals surface area contributed by atoms with E-state index in [-0.39, 0.29) is 11.2 Å². The van der Waals surface area contributed by atoms with Gasteiger partial charge < -0.3 is 4.74 Å². The normalized spacial score (nSPS) is 18.9. The number of rotatable bonds is 4. The Morgan fingerprint density at radius 1 is 1.47 bits per heavy atom. The third-order valence-corrected chi connectivity index (χ3v) is 3.67. The molecule has 1 atom stereocenters. The summed E-state index contributed by atoms with van der Waals surface area (Å²) < 4.78 is 4.94. The SMILES string of the molecule is CCOC(=O)CC1CN=C(c2ccccc2)S1. The zero-order valence-corrected chi connectivity index (χ0v) is 10.6. The van der Waals surface area contributed by atoms with Crippen molar-refractivity contribution in [2.75, 3.05) is 13.2 Å². The largest absolute Gasteiger partial charge is 0.466 e. The molecule has 1 aromatic rings. The fraction of sp³-hybridized carbons (Fsp3) is 0.385. The smallest absolute Gasteiger partial charge is 0.306 e. The average molecular weight is 249 g/mol.